The van der Waals surface area contributed by atoms with Crippen LogP contribution in [0.25, 0.3) is 11.0 Å². The lowest BCUT2D eigenvalue weighted by atomic mass is 9.90. The van der Waals surface area contributed by atoms with Crippen molar-refractivity contribution in [1.29, 1.82) is 5.26 Å². The third kappa shape index (κ3) is 1.58. The lowest BCUT2D eigenvalue weighted by Crippen LogP contribution is -2.19. The van der Waals surface area contributed by atoms with Crippen molar-refractivity contribution in [2.24, 2.45) is 5.73 Å². The molecule has 0 radical (unpaired) electrons. The lowest BCUT2D eigenvalue weighted by Gasteiger charge is -2.23. The molecule has 1 atom stereocenters. The third-order valence-corrected chi connectivity index (χ3v) is 3.26. The molecule has 0 amide bonds. The van der Waals surface area contributed by atoms with Gasteiger partial charge in [-0.3, -0.25) is 0 Å². The van der Waals surface area contributed by atoms with E-state index in [1.54, 1.807) is 18.2 Å². The van der Waals surface area contributed by atoms with Crippen LogP contribution in [0, 0.1) is 11.3 Å². The minimum absolute atomic E-state index is 0.0973. The number of hydrogen-bond acceptors (Lipinski definition) is 5. The van der Waals surface area contributed by atoms with Gasteiger partial charge in [0.05, 0.1) is 5.57 Å². The van der Waals surface area contributed by atoms with E-state index in [0.717, 1.165) is 5.39 Å². The predicted octanol–water partition coefficient (Wildman–Crippen LogP) is 1.98. The monoisotopic (exact) mass is 254 g/mol. The van der Waals surface area contributed by atoms with Gasteiger partial charge in [-0.25, -0.2) is 4.79 Å². The van der Waals surface area contributed by atoms with Gasteiger partial charge in [0.15, 0.2) is 0 Å². The largest absolute Gasteiger partial charge is 0.440 e. The highest BCUT2D eigenvalue weighted by Crippen LogP contribution is 2.41. The van der Waals surface area contributed by atoms with E-state index in [2.05, 4.69) is 0 Å². The van der Waals surface area contributed by atoms with Crippen molar-refractivity contribution in [3.8, 4) is 11.8 Å². The van der Waals surface area contributed by atoms with Crippen molar-refractivity contribution in [2.45, 2.75) is 12.8 Å². The molecule has 1 aromatic heterocycles. The number of nitrogens with two attached hydrogens (primary N) is 1. The van der Waals surface area contributed by atoms with Crippen molar-refractivity contribution < 1.29 is 9.15 Å². The maximum atomic E-state index is 11.4. The van der Waals surface area contributed by atoms with Crippen LogP contribution >= 0.6 is 0 Å². The maximum absolute atomic E-state index is 11.4. The van der Waals surface area contributed by atoms with Gasteiger partial charge in [0, 0.05) is 22.9 Å². The highest BCUT2D eigenvalue weighted by molar-refractivity contribution is 5.84. The molecule has 0 bridgehead atoms. The summed E-state index contributed by atoms with van der Waals surface area (Å²) in [7, 11) is 0. The summed E-state index contributed by atoms with van der Waals surface area (Å²) in [6.07, 6.45) is 0. The average Bonchev–Trinajstić information content (AvgIpc) is 2.38. The number of nitriles is 1. The molecule has 1 aliphatic heterocycles. The number of nitrogens with zero attached hydrogens (tertiary/aromatic N) is 1. The molecule has 2 aromatic rings. The average molecular weight is 254 g/mol. The first kappa shape index (κ1) is 11.4. The van der Waals surface area contributed by atoms with Crippen LogP contribution in [0.3, 0.4) is 0 Å². The molecule has 0 spiro atoms. The molecule has 0 saturated heterocycles. The van der Waals surface area contributed by atoms with E-state index in [4.69, 9.17) is 20.1 Å². The van der Waals surface area contributed by atoms with Gasteiger partial charge in [0.1, 0.15) is 17.4 Å². The van der Waals surface area contributed by atoms with Gasteiger partial charge in [0.25, 0.3) is 0 Å². The first-order chi connectivity index (χ1) is 9.11. The minimum atomic E-state index is -0.436. The molecule has 19 heavy (non-hydrogen) atoms. The topological polar surface area (TPSA) is 89.3 Å². The van der Waals surface area contributed by atoms with Crippen LogP contribution in [0.15, 0.2) is 44.9 Å². The van der Waals surface area contributed by atoms with Crippen LogP contribution in [0.4, 0.5) is 0 Å². The maximum Gasteiger partial charge on any atom is 0.336 e. The Morgan fingerprint density at radius 2 is 2.05 bits per heavy atom. The molecule has 0 fully saturated rings. The molecule has 0 saturated carbocycles. The summed E-state index contributed by atoms with van der Waals surface area (Å²) in [5.74, 6) is 0.342. The van der Waals surface area contributed by atoms with E-state index in [1.807, 2.05) is 13.0 Å². The van der Waals surface area contributed by atoms with Crippen LogP contribution in [0.1, 0.15) is 18.4 Å². The number of rotatable bonds is 0. The number of ether oxygens (including phenoxy) is 1. The second-order valence-electron chi connectivity index (χ2n) is 4.36. The van der Waals surface area contributed by atoms with Gasteiger partial charge >= 0.3 is 5.63 Å². The van der Waals surface area contributed by atoms with Gasteiger partial charge in [-0.1, -0.05) is 6.92 Å². The quantitative estimate of drug-likeness (QED) is 0.726. The molecule has 1 aliphatic rings. The van der Waals surface area contributed by atoms with Crippen molar-refractivity contribution in [3.05, 3.63) is 51.7 Å². The van der Waals surface area contributed by atoms with Crippen LogP contribution in [0.2, 0.25) is 0 Å². The van der Waals surface area contributed by atoms with E-state index >= 15 is 0 Å². The first-order valence-corrected chi connectivity index (χ1v) is 5.76. The lowest BCUT2D eigenvalue weighted by molar-refractivity contribution is 0.390. The second kappa shape index (κ2) is 3.89. The van der Waals surface area contributed by atoms with Gasteiger partial charge in [-0.2, -0.15) is 5.26 Å². The zero-order chi connectivity index (χ0) is 13.6. The number of benzene rings is 1. The van der Waals surface area contributed by atoms with Gasteiger partial charge in [0.2, 0.25) is 5.88 Å². The van der Waals surface area contributed by atoms with E-state index in [1.165, 1.54) is 6.07 Å². The Balaban J connectivity index is 2.37. The summed E-state index contributed by atoms with van der Waals surface area (Å²) in [5.41, 5.74) is 6.74. The van der Waals surface area contributed by atoms with Crippen molar-refractivity contribution in [2.75, 3.05) is 0 Å². The Morgan fingerprint density at radius 3 is 2.79 bits per heavy atom. The number of allylic oxidation sites excluding steroid dienone is 1. The molecule has 5 heteroatoms. The van der Waals surface area contributed by atoms with E-state index < -0.39 is 5.63 Å². The van der Waals surface area contributed by atoms with Gasteiger partial charge < -0.3 is 14.9 Å². The summed E-state index contributed by atoms with van der Waals surface area (Å²) >= 11 is 0. The fraction of sp³-hybridized carbons (Fsp3) is 0.143. The molecular weight excluding hydrogens is 244 g/mol. The number of hydrogen-bond donors (Lipinski definition) is 1. The fourth-order valence-corrected chi connectivity index (χ4v) is 2.32. The summed E-state index contributed by atoms with van der Waals surface area (Å²) in [5, 5.41) is 9.91. The normalized spacial score (nSPS) is 17.8. The van der Waals surface area contributed by atoms with Gasteiger partial charge in [-0.05, 0) is 18.2 Å². The first-order valence-electron chi connectivity index (χ1n) is 5.76. The Labute approximate surface area is 108 Å². The van der Waals surface area contributed by atoms with Gasteiger partial charge in [-0.15, -0.1) is 0 Å². The standard InChI is InChI=1S/C14H10N2O3/c1-7-9(6-15)14(16)18-10-4-2-8-3-5-11(17)19-13(8)12(7)10/h2-5,7H,16H2,1H3. The SMILES string of the molecule is CC1C(C#N)=C(N)Oc2ccc3ccc(=O)oc3c21. The van der Waals surface area contributed by atoms with Crippen molar-refractivity contribution in [3.63, 3.8) is 0 Å². The van der Waals surface area contributed by atoms with E-state index in [-0.39, 0.29) is 11.8 Å². The molecule has 3 rings (SSSR count). The Morgan fingerprint density at radius 1 is 1.32 bits per heavy atom. The fourth-order valence-electron chi connectivity index (χ4n) is 2.32. The minimum Gasteiger partial charge on any atom is -0.440 e. The van der Waals surface area contributed by atoms with E-state index in [0.29, 0.717) is 22.5 Å². The predicted molar refractivity (Wildman–Crippen MR) is 68.4 cm³/mol. The molecule has 1 unspecified atom stereocenters. The molecule has 0 aliphatic carbocycles. The molecule has 5 nitrogen and oxygen atoms in total. The Hall–Kier alpha value is -2.74. The highest BCUT2D eigenvalue weighted by Gasteiger charge is 2.28. The highest BCUT2D eigenvalue weighted by atomic mass is 16.5. The molecule has 1 aromatic carbocycles. The smallest absolute Gasteiger partial charge is 0.336 e. The molecular formula is C14H10N2O3. The molecule has 94 valence electrons. The summed E-state index contributed by atoms with van der Waals surface area (Å²) in [6, 6.07) is 8.62. The second-order valence-corrected chi connectivity index (χ2v) is 4.36. The Kier molecular flexibility index (Phi) is 2.32. The zero-order valence-corrected chi connectivity index (χ0v) is 10.1. The Bertz CT molecular complexity index is 812. The zero-order valence-electron chi connectivity index (χ0n) is 10.1. The van der Waals surface area contributed by atoms with Crippen LogP contribution in [-0.4, -0.2) is 0 Å². The summed E-state index contributed by atoms with van der Waals surface area (Å²) < 4.78 is 10.7. The van der Waals surface area contributed by atoms with Crippen LogP contribution in [-0.2, 0) is 0 Å². The van der Waals surface area contributed by atoms with Crippen LogP contribution in [0.5, 0.6) is 5.75 Å². The van der Waals surface area contributed by atoms with Crippen molar-refractivity contribution >= 4 is 11.0 Å². The molecule has 2 N–H and O–H groups in total. The third-order valence-electron chi connectivity index (χ3n) is 3.26. The summed E-state index contributed by atoms with van der Waals surface area (Å²) in [4.78, 5) is 11.4. The van der Waals surface area contributed by atoms with E-state index in [9.17, 15) is 4.79 Å². The van der Waals surface area contributed by atoms with Crippen molar-refractivity contribution in [1.82, 2.24) is 0 Å². The van der Waals surface area contributed by atoms with Crippen LogP contribution < -0.4 is 16.1 Å². The summed E-state index contributed by atoms with van der Waals surface area (Å²) in [6.45, 7) is 1.83. The molecule has 2 heterocycles. The number of fused-ring (bicyclic) bond motifs is 3.